The molecule has 0 spiro atoms. The third kappa shape index (κ3) is 3.49. The van der Waals surface area contributed by atoms with Crippen molar-refractivity contribution in [3.05, 3.63) is 51.0 Å². The van der Waals surface area contributed by atoms with Gasteiger partial charge in [0.2, 0.25) is 0 Å². The van der Waals surface area contributed by atoms with Crippen LogP contribution in [0.15, 0.2) is 60.6 Å². The van der Waals surface area contributed by atoms with Crippen molar-refractivity contribution in [2.24, 2.45) is 10.9 Å². The van der Waals surface area contributed by atoms with Crippen LogP contribution in [0.3, 0.4) is 0 Å². The van der Waals surface area contributed by atoms with E-state index < -0.39 is 0 Å². The smallest absolute Gasteiger partial charge is 0.172 e. The van der Waals surface area contributed by atoms with Crippen molar-refractivity contribution in [3.8, 4) is 0 Å². The van der Waals surface area contributed by atoms with Gasteiger partial charge >= 0.3 is 0 Å². The molecule has 1 aromatic carbocycles. The molecular weight excluding hydrogens is 394 g/mol. The van der Waals surface area contributed by atoms with Crippen molar-refractivity contribution < 1.29 is 5.21 Å². The maximum absolute atomic E-state index is 8.85. The molecular formula is C12H9Br2N3OS. The van der Waals surface area contributed by atoms with E-state index in [4.69, 9.17) is 10.9 Å². The maximum atomic E-state index is 8.85. The highest BCUT2D eigenvalue weighted by atomic mass is 79.9. The zero-order chi connectivity index (χ0) is 13.8. The predicted molar refractivity (Wildman–Crippen MR) is 82.7 cm³/mol. The van der Waals surface area contributed by atoms with E-state index in [1.54, 1.807) is 6.20 Å². The number of hydrogen-bond acceptors (Lipinski definition) is 4. The second-order valence-electron chi connectivity index (χ2n) is 3.51. The summed E-state index contributed by atoms with van der Waals surface area (Å²) in [6, 6.07) is 9.43. The highest BCUT2D eigenvalue weighted by molar-refractivity contribution is 9.10. The lowest BCUT2D eigenvalue weighted by molar-refractivity contribution is 0.318. The Bertz CT molecular complexity index is 617. The van der Waals surface area contributed by atoms with Crippen LogP contribution in [-0.4, -0.2) is 16.0 Å². The van der Waals surface area contributed by atoms with Crippen molar-refractivity contribution >= 4 is 49.5 Å². The summed E-state index contributed by atoms with van der Waals surface area (Å²) in [6.07, 6.45) is 1.73. The number of oxime groups is 1. The molecule has 0 radical (unpaired) electrons. The lowest BCUT2D eigenvalue weighted by atomic mass is 10.2. The molecule has 3 N–H and O–H groups in total. The second-order valence-corrected chi connectivity index (χ2v) is 6.35. The number of halogens is 2. The zero-order valence-electron chi connectivity index (χ0n) is 9.55. The molecule has 0 amide bonds. The summed E-state index contributed by atoms with van der Waals surface area (Å²) >= 11 is 8.19. The Hall–Kier alpha value is -1.05. The van der Waals surface area contributed by atoms with E-state index in [0.29, 0.717) is 5.56 Å². The molecule has 0 unspecified atom stereocenters. The number of nitrogens with two attached hydrogens (primary N) is 1. The SMILES string of the molecule is N/C(=N/O)c1c(Br)cccc1Sc1ccc(Br)cn1. The number of amidine groups is 1. The minimum atomic E-state index is 0.0621. The molecule has 4 nitrogen and oxygen atoms in total. The quantitative estimate of drug-likeness (QED) is 0.354. The first kappa shape index (κ1) is 14.4. The number of nitrogens with zero attached hydrogens (tertiary/aromatic N) is 2. The van der Waals surface area contributed by atoms with Gasteiger partial charge in [-0.15, -0.1) is 0 Å². The van der Waals surface area contributed by atoms with Gasteiger partial charge in [-0.2, -0.15) is 0 Å². The number of benzene rings is 1. The van der Waals surface area contributed by atoms with Crippen molar-refractivity contribution in [1.82, 2.24) is 4.98 Å². The number of rotatable bonds is 3. The Labute approximate surface area is 131 Å². The number of pyridine rings is 1. The minimum absolute atomic E-state index is 0.0621. The predicted octanol–water partition coefficient (Wildman–Crippen LogP) is 3.85. The van der Waals surface area contributed by atoms with Crippen LogP contribution in [0.2, 0.25) is 0 Å². The lowest BCUT2D eigenvalue weighted by Gasteiger charge is -2.09. The summed E-state index contributed by atoms with van der Waals surface area (Å²) in [7, 11) is 0. The first-order valence-electron chi connectivity index (χ1n) is 5.17. The molecule has 0 saturated carbocycles. The molecule has 0 aliphatic heterocycles. The molecule has 19 heavy (non-hydrogen) atoms. The van der Waals surface area contributed by atoms with Crippen LogP contribution in [0.5, 0.6) is 0 Å². The average molecular weight is 403 g/mol. The minimum Gasteiger partial charge on any atom is -0.409 e. The van der Waals surface area contributed by atoms with E-state index in [2.05, 4.69) is 42.0 Å². The number of aromatic nitrogens is 1. The van der Waals surface area contributed by atoms with Crippen molar-refractivity contribution in [1.29, 1.82) is 0 Å². The van der Waals surface area contributed by atoms with E-state index in [9.17, 15) is 0 Å². The highest BCUT2D eigenvalue weighted by Gasteiger charge is 2.12. The Kier molecular flexibility index (Phi) is 4.84. The van der Waals surface area contributed by atoms with E-state index in [1.165, 1.54) is 11.8 Å². The third-order valence-corrected chi connectivity index (χ3v) is 4.39. The van der Waals surface area contributed by atoms with Crippen molar-refractivity contribution in [3.63, 3.8) is 0 Å². The normalized spacial score (nSPS) is 11.6. The molecule has 98 valence electrons. The van der Waals surface area contributed by atoms with E-state index in [-0.39, 0.29) is 5.84 Å². The summed E-state index contributed by atoms with van der Waals surface area (Å²) in [5.74, 6) is 0.0621. The van der Waals surface area contributed by atoms with Gasteiger partial charge in [-0.25, -0.2) is 4.98 Å². The molecule has 0 saturated heterocycles. The van der Waals surface area contributed by atoms with Crippen LogP contribution in [0.1, 0.15) is 5.56 Å². The first-order valence-corrected chi connectivity index (χ1v) is 7.58. The van der Waals surface area contributed by atoms with Gasteiger partial charge in [-0.3, -0.25) is 0 Å². The molecule has 2 aromatic rings. The second kappa shape index (κ2) is 6.40. The van der Waals surface area contributed by atoms with Crippen LogP contribution in [0.25, 0.3) is 0 Å². The first-order chi connectivity index (χ1) is 9.11. The molecule has 0 bridgehead atoms. The van der Waals surface area contributed by atoms with Gasteiger partial charge in [0.1, 0.15) is 5.03 Å². The van der Waals surface area contributed by atoms with Crippen LogP contribution in [-0.2, 0) is 0 Å². The Balaban J connectivity index is 2.40. The summed E-state index contributed by atoms with van der Waals surface area (Å²) in [6.45, 7) is 0. The average Bonchev–Trinajstić information content (AvgIpc) is 2.41. The maximum Gasteiger partial charge on any atom is 0.172 e. The van der Waals surface area contributed by atoms with Crippen molar-refractivity contribution in [2.75, 3.05) is 0 Å². The summed E-state index contributed by atoms with van der Waals surface area (Å²) in [4.78, 5) is 5.15. The lowest BCUT2D eigenvalue weighted by Crippen LogP contribution is -2.15. The molecule has 1 aromatic heterocycles. The number of hydrogen-bond donors (Lipinski definition) is 2. The molecule has 0 fully saturated rings. The Morgan fingerprint density at radius 1 is 1.26 bits per heavy atom. The van der Waals surface area contributed by atoms with Crippen LogP contribution in [0.4, 0.5) is 0 Å². The monoisotopic (exact) mass is 401 g/mol. The van der Waals surface area contributed by atoms with E-state index >= 15 is 0 Å². The fourth-order valence-electron chi connectivity index (χ4n) is 1.42. The summed E-state index contributed by atoms with van der Waals surface area (Å²) in [5.41, 5.74) is 6.35. The molecule has 0 atom stereocenters. The molecule has 0 aliphatic carbocycles. The topological polar surface area (TPSA) is 71.5 Å². The van der Waals surface area contributed by atoms with E-state index in [1.807, 2.05) is 30.3 Å². The molecule has 7 heteroatoms. The summed E-state index contributed by atoms with van der Waals surface area (Å²) < 4.78 is 1.69. The van der Waals surface area contributed by atoms with E-state index in [0.717, 1.165) is 18.9 Å². The van der Waals surface area contributed by atoms with Gasteiger partial charge in [-0.1, -0.05) is 23.0 Å². The molecule has 1 heterocycles. The Morgan fingerprint density at radius 2 is 2.05 bits per heavy atom. The summed E-state index contributed by atoms with van der Waals surface area (Å²) in [5, 5.41) is 12.7. The van der Waals surface area contributed by atoms with Gasteiger partial charge < -0.3 is 10.9 Å². The zero-order valence-corrected chi connectivity index (χ0v) is 13.5. The highest BCUT2D eigenvalue weighted by Crippen LogP contribution is 2.33. The third-order valence-electron chi connectivity index (χ3n) is 2.25. The molecule has 2 rings (SSSR count). The van der Waals surface area contributed by atoms with Gasteiger partial charge in [0.15, 0.2) is 5.84 Å². The fourth-order valence-corrected chi connectivity index (χ4v) is 3.29. The van der Waals surface area contributed by atoms with Crippen LogP contribution < -0.4 is 5.73 Å². The fraction of sp³-hybridized carbons (Fsp3) is 0. The van der Waals surface area contributed by atoms with Crippen LogP contribution >= 0.6 is 43.6 Å². The van der Waals surface area contributed by atoms with Gasteiger partial charge in [0.05, 0.1) is 0 Å². The van der Waals surface area contributed by atoms with Gasteiger partial charge in [0.25, 0.3) is 0 Å². The van der Waals surface area contributed by atoms with Crippen LogP contribution in [0, 0.1) is 0 Å². The standard InChI is InChI=1S/C12H9Br2N3OS/c13-7-4-5-10(16-6-7)19-9-3-1-2-8(14)11(9)12(15)17-18/h1-6,18H,(H2,15,17). The van der Waals surface area contributed by atoms with Gasteiger partial charge in [0, 0.05) is 25.6 Å². The van der Waals surface area contributed by atoms with Gasteiger partial charge in [-0.05, 0) is 56.1 Å². The molecule has 0 aliphatic rings. The van der Waals surface area contributed by atoms with Crippen molar-refractivity contribution in [2.45, 2.75) is 9.92 Å². The largest absolute Gasteiger partial charge is 0.409 e. The Morgan fingerprint density at radius 3 is 2.68 bits per heavy atom.